The number of phenolic OH excluding ortho intramolecular Hbond substituents is 1. The van der Waals surface area contributed by atoms with Gasteiger partial charge in [0.15, 0.2) is 0 Å². The maximum absolute atomic E-state index is 13.1. The minimum atomic E-state index is -1.43. The molecule has 0 radical (unpaired) electrons. The predicted octanol–water partition coefficient (Wildman–Crippen LogP) is 4.03. The number of fused-ring (bicyclic) bond motifs is 4. The molecule has 0 amide bonds. The van der Waals surface area contributed by atoms with Crippen molar-refractivity contribution in [3.05, 3.63) is 56.9 Å². The number of rotatable bonds is 4. The van der Waals surface area contributed by atoms with Gasteiger partial charge in [-0.05, 0) is 62.5 Å². The van der Waals surface area contributed by atoms with Crippen molar-refractivity contribution in [2.75, 3.05) is 13.1 Å². The Balaban J connectivity index is 0.00000148. The number of hydrogen-bond donors (Lipinski definition) is 2. The number of benzene rings is 1. The van der Waals surface area contributed by atoms with Gasteiger partial charge >= 0.3 is 6.16 Å². The highest BCUT2D eigenvalue weighted by molar-refractivity contribution is 6.67. The molecule has 3 aromatic rings. The summed E-state index contributed by atoms with van der Waals surface area (Å²) in [5, 5.41) is 29.5. The first-order valence-electron chi connectivity index (χ1n) is 12.2. The highest BCUT2D eigenvalue weighted by atomic mass is 16.7. The van der Waals surface area contributed by atoms with Crippen molar-refractivity contribution >= 4 is 23.8 Å². The first kappa shape index (κ1) is 25.3. The van der Waals surface area contributed by atoms with Crippen LogP contribution in [-0.4, -0.2) is 50.6 Å². The first-order chi connectivity index (χ1) is 17.4. The van der Waals surface area contributed by atoms with E-state index in [4.69, 9.17) is 15.4 Å². The van der Waals surface area contributed by atoms with E-state index < -0.39 is 6.16 Å². The van der Waals surface area contributed by atoms with Gasteiger partial charge in [0.05, 0.1) is 29.0 Å². The average molecular weight is 488 g/mol. The summed E-state index contributed by atoms with van der Waals surface area (Å²) in [6, 6.07) is 7.26. The zero-order valence-corrected chi connectivity index (χ0v) is 20.7. The van der Waals surface area contributed by atoms with E-state index >= 15 is 0 Å². The van der Waals surface area contributed by atoms with Crippen LogP contribution >= 0.6 is 0 Å². The lowest BCUT2D eigenvalue weighted by molar-refractivity contribution is 0.0848. The highest BCUT2D eigenvalue weighted by Gasteiger charge is 2.27. The molecule has 186 valence electrons. The summed E-state index contributed by atoms with van der Waals surface area (Å²) in [7, 11) is 0. The molecule has 36 heavy (non-hydrogen) atoms. The molecule has 0 bridgehead atoms. The number of pyridine rings is 2. The summed E-state index contributed by atoms with van der Waals surface area (Å²) < 4.78 is 6.24. The van der Waals surface area contributed by atoms with Gasteiger partial charge in [-0.15, -0.1) is 0 Å². The lowest BCUT2D eigenvalue weighted by Crippen LogP contribution is -2.36. The molecule has 2 aliphatic rings. The predicted molar refractivity (Wildman–Crippen MR) is 137 cm³/mol. The van der Waals surface area contributed by atoms with Crippen molar-refractivity contribution in [1.29, 1.82) is 5.26 Å². The van der Waals surface area contributed by atoms with E-state index in [0.717, 1.165) is 47.8 Å². The van der Waals surface area contributed by atoms with Crippen LogP contribution in [0.4, 0.5) is 4.79 Å². The summed E-state index contributed by atoms with van der Waals surface area (Å²) in [5.41, 5.74) is 4.46. The zero-order chi connectivity index (χ0) is 26.0. The van der Waals surface area contributed by atoms with Crippen LogP contribution in [0.25, 0.3) is 22.3 Å². The van der Waals surface area contributed by atoms with E-state index in [1.54, 1.807) is 23.6 Å². The normalized spacial score (nSPS) is 14.4. The minimum absolute atomic E-state index is 0.0911. The molecule has 0 spiro atoms. The van der Waals surface area contributed by atoms with Crippen LogP contribution in [0, 0.1) is 18.2 Å². The summed E-state index contributed by atoms with van der Waals surface area (Å²) in [4.78, 5) is 31.0. The van der Waals surface area contributed by atoms with Gasteiger partial charge in [-0.1, -0.05) is 13.8 Å². The van der Waals surface area contributed by atoms with Crippen LogP contribution in [-0.2, 0) is 24.4 Å². The molecule has 2 aromatic heterocycles. The molecule has 1 fully saturated rings. The molecule has 2 N–H and O–H groups in total. The van der Waals surface area contributed by atoms with E-state index in [1.165, 1.54) is 0 Å². The number of phenols is 1. The van der Waals surface area contributed by atoms with Crippen molar-refractivity contribution in [3.8, 4) is 23.1 Å². The van der Waals surface area contributed by atoms with Gasteiger partial charge in [0.1, 0.15) is 12.4 Å². The molecule has 0 saturated carbocycles. The number of aromatic nitrogens is 2. The van der Waals surface area contributed by atoms with E-state index in [2.05, 4.69) is 15.6 Å². The molecule has 10 heteroatoms. The molecule has 0 aliphatic carbocycles. The third-order valence-corrected chi connectivity index (χ3v) is 6.85. The molecular weight excluding hydrogens is 459 g/mol. The minimum Gasteiger partial charge on any atom is -0.508 e. The van der Waals surface area contributed by atoms with Crippen molar-refractivity contribution in [3.63, 3.8) is 0 Å². The molecule has 0 atom stereocenters. The Kier molecular flexibility index (Phi) is 7.31. The van der Waals surface area contributed by atoms with Gasteiger partial charge < -0.3 is 24.4 Å². The second kappa shape index (κ2) is 10.4. The molecule has 1 aromatic carbocycles. The van der Waals surface area contributed by atoms with Gasteiger partial charge in [-0.25, -0.2) is 15.0 Å². The number of ether oxygens (including phenoxy) is 1. The Labute approximate surface area is 209 Å². The second-order valence-electron chi connectivity index (χ2n) is 8.94. The quantitative estimate of drug-likeness (QED) is 0.326. The van der Waals surface area contributed by atoms with Crippen molar-refractivity contribution in [2.45, 2.75) is 53.1 Å². The van der Waals surface area contributed by atoms with Gasteiger partial charge in [0.2, 0.25) is 0 Å². The average Bonchev–Trinajstić information content (AvgIpc) is 3.23. The number of aromatic hydroxyl groups is 1. The van der Waals surface area contributed by atoms with Gasteiger partial charge in [-0.3, -0.25) is 4.79 Å². The zero-order valence-electron chi connectivity index (χ0n) is 20.7. The lowest BCUT2D eigenvalue weighted by atomic mass is 9.45. The number of nitrogens with zero attached hydrogens (tertiary/aromatic N) is 4. The van der Waals surface area contributed by atoms with Crippen LogP contribution in [0.3, 0.4) is 0 Å². The third-order valence-electron chi connectivity index (χ3n) is 6.85. The molecule has 9 nitrogen and oxygen atoms in total. The number of nitriles is 1. The lowest BCUT2D eigenvalue weighted by Gasteiger charge is -2.28. The number of carboxylic acid groups (broad SMARTS) is 1. The molecule has 5 rings (SSSR count). The van der Waals surface area contributed by atoms with Gasteiger partial charge in [0.25, 0.3) is 12.3 Å². The molecule has 4 heterocycles. The summed E-state index contributed by atoms with van der Waals surface area (Å²) in [5.74, 6) is 2.54. The van der Waals surface area contributed by atoms with E-state index in [1.807, 2.05) is 26.0 Å². The summed E-state index contributed by atoms with van der Waals surface area (Å²) >= 11 is 0. The fourth-order valence-corrected chi connectivity index (χ4v) is 4.93. The van der Waals surface area contributed by atoms with Gasteiger partial charge in [0, 0.05) is 29.0 Å². The largest absolute Gasteiger partial charge is 0.508 e. The standard InChI is InChI=1S/C24H23BN4O5.C2H6/c1-14-8-20-22-15(10-29(20)23(31)18(14)12-34-24(32)33)9-16-17(21(30)3-2-19(16)27-22)11-28-6-4-25(13-26)5-7-28;1-2/h2-3,8-9,30H,4-7,10-12H2,1H3,(H,32,33);1-2H3. The summed E-state index contributed by atoms with van der Waals surface area (Å²) in [6.07, 6.45) is 0.215. The maximum atomic E-state index is 13.1. The molecule has 1 saturated heterocycles. The monoisotopic (exact) mass is 488 g/mol. The van der Waals surface area contributed by atoms with Crippen molar-refractivity contribution in [2.24, 2.45) is 0 Å². The van der Waals surface area contributed by atoms with Crippen LogP contribution in [0.15, 0.2) is 29.1 Å². The van der Waals surface area contributed by atoms with Crippen molar-refractivity contribution < 1.29 is 19.7 Å². The topological polar surface area (TPSA) is 129 Å². The first-order valence-corrected chi connectivity index (χ1v) is 12.2. The SMILES string of the molecule is CC.Cc1cc2n(c(=O)c1COC(=O)O)Cc1cc3c(CN4CCB(C#N)CC4)c(O)ccc3nc1-2. The Morgan fingerprint density at radius 1 is 1.22 bits per heavy atom. The van der Waals surface area contributed by atoms with Crippen molar-refractivity contribution in [1.82, 2.24) is 14.5 Å². The molecule has 2 aliphatic heterocycles. The van der Waals surface area contributed by atoms with Gasteiger partial charge in [-0.2, -0.15) is 0 Å². The summed E-state index contributed by atoms with van der Waals surface area (Å²) in [6.45, 7) is 8.02. The Hall–Kier alpha value is -3.84. The second-order valence-corrected chi connectivity index (χ2v) is 8.94. The third kappa shape index (κ3) is 4.66. The Bertz CT molecular complexity index is 1420. The fraction of sp³-hybridized carbons (Fsp3) is 0.385. The molecule has 0 unspecified atom stereocenters. The smallest absolute Gasteiger partial charge is 0.506 e. The highest BCUT2D eigenvalue weighted by Crippen LogP contribution is 2.36. The van der Waals surface area contributed by atoms with Crippen LogP contribution in [0.2, 0.25) is 12.6 Å². The Morgan fingerprint density at radius 3 is 2.61 bits per heavy atom. The maximum Gasteiger partial charge on any atom is 0.506 e. The Morgan fingerprint density at radius 2 is 1.94 bits per heavy atom. The fourth-order valence-electron chi connectivity index (χ4n) is 4.93. The van der Waals surface area contributed by atoms with Crippen LogP contribution in [0.5, 0.6) is 5.75 Å². The number of hydrogen-bond acceptors (Lipinski definition) is 7. The van der Waals surface area contributed by atoms with E-state index in [9.17, 15) is 14.7 Å². The number of carbonyl (C=O) groups is 1. The van der Waals surface area contributed by atoms with E-state index in [-0.39, 0.29) is 24.6 Å². The van der Waals surface area contributed by atoms with E-state index in [0.29, 0.717) is 35.6 Å². The van der Waals surface area contributed by atoms with Crippen LogP contribution < -0.4 is 5.56 Å². The molecular formula is C26H29BN4O5. The van der Waals surface area contributed by atoms with Crippen LogP contribution in [0.1, 0.15) is 36.1 Å². The number of aryl methyl sites for hydroxylation is 1.